The van der Waals surface area contributed by atoms with Crippen LogP contribution < -0.4 is 15.4 Å². The zero-order valence-electron chi connectivity index (χ0n) is 28.7. The second kappa shape index (κ2) is 15.7. The molecule has 0 atom stereocenters. The van der Waals surface area contributed by atoms with Crippen molar-refractivity contribution in [2.75, 3.05) is 10.6 Å². The Morgan fingerprint density at radius 3 is 1.16 bits per heavy atom. The Morgan fingerprint density at radius 2 is 0.784 bits per heavy atom. The van der Waals surface area contributed by atoms with Gasteiger partial charge in [0.1, 0.15) is 22.9 Å². The maximum absolute atomic E-state index is 13.1. The lowest BCUT2D eigenvalue weighted by atomic mass is 10.1. The van der Waals surface area contributed by atoms with Gasteiger partial charge in [-0.3, -0.25) is 9.59 Å². The van der Waals surface area contributed by atoms with Crippen molar-refractivity contribution in [1.82, 2.24) is 0 Å². The molecule has 6 rings (SSSR count). The summed E-state index contributed by atoms with van der Waals surface area (Å²) in [4.78, 5) is 26.3. The molecule has 0 aromatic heterocycles. The zero-order chi connectivity index (χ0) is 35.7. The summed E-state index contributed by atoms with van der Waals surface area (Å²) in [5.41, 5.74) is 8.84. The largest absolute Gasteiger partial charge is 0.457 e. The Balaban J connectivity index is 1.07. The van der Waals surface area contributed by atoms with E-state index in [1.165, 1.54) is 0 Å². The zero-order valence-corrected chi connectivity index (χ0v) is 28.7. The van der Waals surface area contributed by atoms with Crippen LogP contribution in [0, 0.1) is 27.7 Å². The van der Waals surface area contributed by atoms with Gasteiger partial charge < -0.3 is 15.4 Å². The van der Waals surface area contributed by atoms with Crippen molar-refractivity contribution >= 4 is 45.9 Å². The first-order valence-corrected chi connectivity index (χ1v) is 16.4. The predicted octanol–water partition coefficient (Wildman–Crippen LogP) is 12.0. The van der Waals surface area contributed by atoms with Gasteiger partial charge in [-0.05, 0) is 136 Å². The smallest absolute Gasteiger partial charge is 0.255 e. The number of hydrogen-bond acceptors (Lipinski definition) is 7. The molecule has 0 aliphatic heterocycles. The van der Waals surface area contributed by atoms with E-state index in [1.807, 2.05) is 113 Å². The Morgan fingerprint density at radius 1 is 0.431 bits per heavy atom. The van der Waals surface area contributed by atoms with Crippen LogP contribution in [0.25, 0.3) is 0 Å². The number of rotatable bonds is 10. The normalized spacial score (nSPS) is 11.1. The number of hydrogen-bond donors (Lipinski definition) is 2. The minimum Gasteiger partial charge on any atom is -0.457 e. The number of azo groups is 2. The Bertz CT molecular complexity index is 2070. The third-order valence-corrected chi connectivity index (χ3v) is 7.89. The summed E-state index contributed by atoms with van der Waals surface area (Å²) in [5, 5.41) is 23.4. The molecule has 51 heavy (non-hydrogen) atoms. The molecule has 0 unspecified atom stereocenters. The number of aryl methyl sites for hydroxylation is 4. The molecule has 6 aromatic rings. The van der Waals surface area contributed by atoms with E-state index >= 15 is 0 Å². The van der Waals surface area contributed by atoms with Crippen molar-refractivity contribution in [1.29, 1.82) is 0 Å². The standard InChI is InChI=1S/C42H36N6O3/c1-27-5-15-33(16-6-27)45-47-39-25-29(3)9-23-37(39)43-41(49)31-11-19-35(20-12-31)51-36-21-13-32(14-22-36)42(50)44-38-24-10-30(4)26-40(38)48-46-34-17-7-28(2)8-18-34/h5-26H,1-4H3,(H,43,49)(H,44,50). The molecular formula is C42H36N6O3. The molecule has 0 saturated carbocycles. The summed E-state index contributed by atoms with van der Waals surface area (Å²) in [6.07, 6.45) is 0. The molecule has 0 heterocycles. The highest BCUT2D eigenvalue weighted by atomic mass is 16.5. The summed E-state index contributed by atoms with van der Waals surface area (Å²) in [6, 6.07) is 40.3. The van der Waals surface area contributed by atoms with Crippen LogP contribution in [0.5, 0.6) is 11.5 Å². The maximum Gasteiger partial charge on any atom is 0.255 e. The van der Waals surface area contributed by atoms with Gasteiger partial charge in [-0.15, -0.1) is 10.2 Å². The van der Waals surface area contributed by atoms with Crippen molar-refractivity contribution in [2.24, 2.45) is 20.5 Å². The SMILES string of the molecule is Cc1ccc(N=Nc2cc(C)ccc2NC(=O)c2ccc(Oc3ccc(C(=O)Nc4ccc(C)cc4N=Nc4ccc(C)cc4)cc3)cc2)cc1. The number of ether oxygens (including phenoxy) is 1. The van der Waals surface area contributed by atoms with Gasteiger partial charge in [-0.2, -0.15) is 10.2 Å². The highest BCUT2D eigenvalue weighted by molar-refractivity contribution is 6.06. The first-order chi connectivity index (χ1) is 24.7. The first-order valence-electron chi connectivity index (χ1n) is 16.4. The van der Waals surface area contributed by atoms with Crippen molar-refractivity contribution in [3.05, 3.63) is 167 Å². The number of nitrogens with zero attached hydrogens (tertiary/aromatic N) is 4. The van der Waals surface area contributed by atoms with E-state index in [0.29, 0.717) is 45.4 Å². The Kier molecular flexibility index (Phi) is 10.5. The molecule has 0 bridgehead atoms. The molecule has 0 aliphatic rings. The Labute approximate surface area is 296 Å². The monoisotopic (exact) mass is 672 g/mol. The lowest BCUT2D eigenvalue weighted by molar-refractivity contribution is 0.101. The summed E-state index contributed by atoms with van der Waals surface area (Å²) in [6.45, 7) is 7.94. The van der Waals surface area contributed by atoms with Crippen LogP contribution in [-0.4, -0.2) is 11.8 Å². The number of nitrogens with one attached hydrogen (secondary N) is 2. The highest BCUT2D eigenvalue weighted by Crippen LogP contribution is 2.31. The van der Waals surface area contributed by atoms with E-state index in [0.717, 1.165) is 33.6 Å². The topological polar surface area (TPSA) is 117 Å². The van der Waals surface area contributed by atoms with Gasteiger partial charge >= 0.3 is 0 Å². The van der Waals surface area contributed by atoms with E-state index < -0.39 is 0 Å². The molecule has 0 radical (unpaired) electrons. The van der Waals surface area contributed by atoms with Gasteiger partial charge in [0.05, 0.1) is 22.7 Å². The second-order valence-electron chi connectivity index (χ2n) is 12.2. The van der Waals surface area contributed by atoms with Gasteiger partial charge in [-0.25, -0.2) is 0 Å². The number of carbonyl (C=O) groups excluding carboxylic acids is 2. The van der Waals surface area contributed by atoms with Crippen LogP contribution in [0.1, 0.15) is 43.0 Å². The molecule has 2 N–H and O–H groups in total. The fourth-order valence-electron chi connectivity index (χ4n) is 4.98. The molecule has 0 aliphatic carbocycles. The molecule has 2 amide bonds. The van der Waals surface area contributed by atoms with Gasteiger partial charge in [0.15, 0.2) is 0 Å². The summed E-state index contributed by atoms with van der Waals surface area (Å²) < 4.78 is 5.99. The molecule has 252 valence electrons. The quantitative estimate of drug-likeness (QED) is 0.141. The van der Waals surface area contributed by atoms with E-state index in [2.05, 4.69) is 31.1 Å². The van der Waals surface area contributed by atoms with Crippen molar-refractivity contribution in [2.45, 2.75) is 27.7 Å². The van der Waals surface area contributed by atoms with Crippen molar-refractivity contribution in [3.8, 4) is 11.5 Å². The predicted molar refractivity (Wildman–Crippen MR) is 202 cm³/mol. The lowest BCUT2D eigenvalue weighted by Crippen LogP contribution is -2.12. The third-order valence-electron chi connectivity index (χ3n) is 7.89. The molecule has 6 aromatic carbocycles. The van der Waals surface area contributed by atoms with Crippen LogP contribution in [0.15, 0.2) is 154 Å². The summed E-state index contributed by atoms with van der Waals surface area (Å²) in [7, 11) is 0. The highest BCUT2D eigenvalue weighted by Gasteiger charge is 2.12. The number of anilines is 2. The van der Waals surface area contributed by atoms with Gasteiger partial charge in [0, 0.05) is 11.1 Å². The van der Waals surface area contributed by atoms with Gasteiger partial charge in [0.2, 0.25) is 0 Å². The molecule has 9 heteroatoms. The van der Waals surface area contributed by atoms with E-state index in [-0.39, 0.29) is 11.8 Å². The van der Waals surface area contributed by atoms with Crippen LogP contribution >= 0.6 is 0 Å². The maximum atomic E-state index is 13.1. The van der Waals surface area contributed by atoms with Crippen LogP contribution in [0.3, 0.4) is 0 Å². The first kappa shape index (κ1) is 34.1. The minimum atomic E-state index is -0.291. The van der Waals surface area contributed by atoms with Crippen LogP contribution in [0.4, 0.5) is 34.1 Å². The van der Waals surface area contributed by atoms with Gasteiger partial charge in [-0.1, -0.05) is 47.5 Å². The molecule has 9 nitrogen and oxygen atoms in total. The average Bonchev–Trinajstić information content (AvgIpc) is 3.13. The van der Waals surface area contributed by atoms with E-state index in [1.54, 1.807) is 48.5 Å². The number of benzene rings is 6. The fourth-order valence-corrected chi connectivity index (χ4v) is 4.98. The molecule has 0 saturated heterocycles. The number of carbonyl (C=O) groups is 2. The summed E-state index contributed by atoms with van der Waals surface area (Å²) in [5.74, 6) is 0.492. The van der Waals surface area contributed by atoms with Gasteiger partial charge in [0.25, 0.3) is 11.8 Å². The second-order valence-corrected chi connectivity index (χ2v) is 12.2. The molecule has 0 spiro atoms. The molecular weight excluding hydrogens is 637 g/mol. The van der Waals surface area contributed by atoms with E-state index in [4.69, 9.17) is 4.74 Å². The van der Waals surface area contributed by atoms with Crippen molar-refractivity contribution in [3.63, 3.8) is 0 Å². The van der Waals surface area contributed by atoms with Crippen LogP contribution in [-0.2, 0) is 0 Å². The fraction of sp³-hybridized carbons (Fsp3) is 0.0952. The minimum absolute atomic E-state index is 0.291. The van der Waals surface area contributed by atoms with E-state index in [9.17, 15) is 9.59 Å². The molecule has 0 fully saturated rings. The Hall–Kier alpha value is -6.74. The lowest BCUT2D eigenvalue weighted by Gasteiger charge is -2.11. The van der Waals surface area contributed by atoms with Crippen molar-refractivity contribution < 1.29 is 14.3 Å². The summed E-state index contributed by atoms with van der Waals surface area (Å²) >= 11 is 0. The number of amides is 2. The van der Waals surface area contributed by atoms with Crippen LogP contribution in [0.2, 0.25) is 0 Å². The average molecular weight is 673 g/mol. The third kappa shape index (κ3) is 9.24.